The van der Waals surface area contributed by atoms with Crippen molar-refractivity contribution in [1.29, 1.82) is 0 Å². The number of morpholine rings is 1. The van der Waals surface area contributed by atoms with E-state index >= 15 is 0 Å². The van der Waals surface area contributed by atoms with Crippen molar-refractivity contribution in [3.05, 3.63) is 59.4 Å². The first-order valence-corrected chi connectivity index (χ1v) is 9.81. The van der Waals surface area contributed by atoms with Crippen molar-refractivity contribution in [2.24, 2.45) is 0 Å². The maximum atomic E-state index is 13.2. The second-order valence-corrected chi connectivity index (χ2v) is 8.38. The van der Waals surface area contributed by atoms with E-state index in [0.29, 0.717) is 5.75 Å². The van der Waals surface area contributed by atoms with Crippen molar-refractivity contribution >= 4 is 10.0 Å². The largest absolute Gasteiger partial charge is 0.496 e. The minimum atomic E-state index is -3.67. The summed E-state index contributed by atoms with van der Waals surface area (Å²) in [5.74, 6) is 0.305. The smallest absolute Gasteiger partial charge is 0.243 e. The number of ether oxygens (including phenoxy) is 2. The van der Waals surface area contributed by atoms with Crippen LogP contribution in [-0.4, -0.2) is 39.0 Å². The number of benzene rings is 2. The van der Waals surface area contributed by atoms with Crippen LogP contribution < -0.4 is 4.74 Å². The number of hydrogen-bond acceptors (Lipinski definition) is 4. The molecule has 0 spiro atoms. The molecule has 0 N–H and O–H groups in total. The molecule has 3 rings (SSSR count). The summed E-state index contributed by atoms with van der Waals surface area (Å²) in [7, 11) is -2.12. The predicted molar refractivity (Wildman–Crippen MR) is 96.2 cm³/mol. The number of sulfonamides is 1. The molecule has 140 valence electrons. The van der Waals surface area contributed by atoms with Crippen molar-refractivity contribution < 1.29 is 22.3 Å². The Morgan fingerprint density at radius 1 is 1.15 bits per heavy atom. The SMILES string of the molecule is COc1ccc(S(=O)(=O)N2CC(C)OC(c3ccc(F)cc3)C2)cc1C. The number of hydrogen-bond donors (Lipinski definition) is 0. The van der Waals surface area contributed by atoms with Crippen LogP contribution in [0.4, 0.5) is 4.39 Å². The molecule has 0 saturated carbocycles. The highest BCUT2D eigenvalue weighted by molar-refractivity contribution is 7.89. The van der Waals surface area contributed by atoms with Crippen molar-refractivity contribution in [2.45, 2.75) is 31.0 Å². The molecule has 1 aliphatic heterocycles. The summed E-state index contributed by atoms with van der Waals surface area (Å²) >= 11 is 0. The van der Waals surface area contributed by atoms with Crippen molar-refractivity contribution in [1.82, 2.24) is 4.31 Å². The number of aryl methyl sites for hydroxylation is 1. The van der Waals surface area contributed by atoms with Crippen LogP contribution in [-0.2, 0) is 14.8 Å². The van der Waals surface area contributed by atoms with Crippen LogP contribution in [0.15, 0.2) is 47.4 Å². The number of rotatable bonds is 4. The molecule has 26 heavy (non-hydrogen) atoms. The highest BCUT2D eigenvalue weighted by Gasteiger charge is 2.34. The standard InChI is InChI=1S/C19H22FNO4S/c1-13-10-17(8-9-18(13)24-3)26(22,23)21-11-14(2)25-19(12-21)15-4-6-16(20)7-5-15/h4-10,14,19H,11-12H2,1-3H3. The van der Waals surface area contributed by atoms with Gasteiger partial charge in [-0.1, -0.05) is 12.1 Å². The Kier molecular flexibility index (Phi) is 5.32. The average Bonchev–Trinajstić information content (AvgIpc) is 2.61. The van der Waals surface area contributed by atoms with Gasteiger partial charge < -0.3 is 9.47 Å². The van der Waals surface area contributed by atoms with Crippen LogP contribution >= 0.6 is 0 Å². The first kappa shape index (κ1) is 18.8. The van der Waals surface area contributed by atoms with Crippen LogP contribution in [0.2, 0.25) is 0 Å². The lowest BCUT2D eigenvalue weighted by Gasteiger charge is -2.36. The number of methoxy groups -OCH3 is 1. The quantitative estimate of drug-likeness (QED) is 0.818. The molecule has 2 unspecified atom stereocenters. The van der Waals surface area contributed by atoms with Gasteiger partial charge >= 0.3 is 0 Å². The van der Waals surface area contributed by atoms with Gasteiger partial charge in [0.15, 0.2) is 0 Å². The second-order valence-electron chi connectivity index (χ2n) is 6.44. The molecule has 2 aromatic rings. The van der Waals surface area contributed by atoms with E-state index in [1.165, 1.54) is 16.4 Å². The van der Waals surface area contributed by atoms with Crippen LogP contribution in [0, 0.1) is 12.7 Å². The Morgan fingerprint density at radius 2 is 1.85 bits per heavy atom. The Bertz CT molecular complexity index is 883. The third-order valence-electron chi connectivity index (χ3n) is 4.47. The summed E-state index contributed by atoms with van der Waals surface area (Å²) in [6.45, 7) is 4.09. The van der Waals surface area contributed by atoms with Gasteiger partial charge in [0.05, 0.1) is 24.2 Å². The van der Waals surface area contributed by atoms with Gasteiger partial charge in [-0.15, -0.1) is 0 Å². The molecule has 0 bridgehead atoms. The maximum absolute atomic E-state index is 13.2. The summed E-state index contributed by atoms with van der Waals surface area (Å²) in [5.41, 5.74) is 1.51. The summed E-state index contributed by atoms with van der Waals surface area (Å²) in [4.78, 5) is 0.225. The van der Waals surface area contributed by atoms with Crippen LogP contribution in [0.1, 0.15) is 24.2 Å². The molecule has 7 heteroatoms. The van der Waals surface area contributed by atoms with E-state index in [1.54, 1.807) is 44.4 Å². The van der Waals surface area contributed by atoms with E-state index in [-0.39, 0.29) is 29.9 Å². The summed E-state index contributed by atoms with van der Waals surface area (Å²) in [6, 6.07) is 10.8. The molecule has 1 fully saturated rings. The van der Waals surface area contributed by atoms with Crippen molar-refractivity contribution in [2.75, 3.05) is 20.2 Å². The summed E-state index contributed by atoms with van der Waals surface area (Å²) in [5, 5.41) is 0. The fourth-order valence-corrected chi connectivity index (χ4v) is 4.73. The minimum Gasteiger partial charge on any atom is -0.496 e. The van der Waals surface area contributed by atoms with Crippen molar-refractivity contribution in [3.8, 4) is 5.75 Å². The molecular formula is C19H22FNO4S. The normalized spacial score (nSPS) is 21.5. The van der Waals surface area contributed by atoms with E-state index in [4.69, 9.17) is 9.47 Å². The molecular weight excluding hydrogens is 357 g/mol. The molecule has 5 nitrogen and oxygen atoms in total. The Morgan fingerprint density at radius 3 is 2.46 bits per heavy atom. The van der Waals surface area contributed by atoms with E-state index < -0.39 is 16.1 Å². The lowest BCUT2D eigenvalue weighted by molar-refractivity contribution is -0.0557. The van der Waals surface area contributed by atoms with Gasteiger partial charge in [-0.3, -0.25) is 0 Å². The molecule has 2 aromatic carbocycles. The lowest BCUT2D eigenvalue weighted by Crippen LogP contribution is -2.45. The molecule has 0 radical (unpaired) electrons. The van der Waals surface area contributed by atoms with Crippen LogP contribution in [0.5, 0.6) is 5.75 Å². The van der Waals surface area contributed by atoms with E-state index in [1.807, 2.05) is 6.92 Å². The Labute approximate surface area is 153 Å². The van der Waals surface area contributed by atoms with Crippen LogP contribution in [0.25, 0.3) is 0 Å². The fraction of sp³-hybridized carbons (Fsp3) is 0.368. The highest BCUT2D eigenvalue weighted by atomic mass is 32.2. The predicted octanol–water partition coefficient (Wildman–Crippen LogP) is 3.29. The van der Waals surface area contributed by atoms with Gasteiger partial charge in [-0.25, -0.2) is 12.8 Å². The lowest BCUT2D eigenvalue weighted by atomic mass is 10.1. The first-order chi connectivity index (χ1) is 12.3. The summed E-state index contributed by atoms with van der Waals surface area (Å²) in [6.07, 6.45) is -0.707. The van der Waals surface area contributed by atoms with Gasteiger partial charge in [-0.05, 0) is 55.3 Å². The van der Waals surface area contributed by atoms with E-state index in [2.05, 4.69) is 0 Å². The van der Waals surface area contributed by atoms with Crippen LogP contribution in [0.3, 0.4) is 0 Å². The number of nitrogens with zero attached hydrogens (tertiary/aromatic N) is 1. The zero-order valence-corrected chi connectivity index (χ0v) is 15.8. The summed E-state index contributed by atoms with van der Waals surface area (Å²) < 4.78 is 51.8. The molecule has 0 amide bonds. The third kappa shape index (κ3) is 3.75. The monoisotopic (exact) mass is 379 g/mol. The molecule has 1 saturated heterocycles. The topological polar surface area (TPSA) is 55.8 Å². The second kappa shape index (κ2) is 7.34. The van der Waals surface area contributed by atoms with Gasteiger partial charge in [-0.2, -0.15) is 4.31 Å². The molecule has 1 aliphatic rings. The Balaban J connectivity index is 1.89. The van der Waals surface area contributed by atoms with E-state index in [0.717, 1.165) is 11.1 Å². The zero-order chi connectivity index (χ0) is 18.9. The van der Waals surface area contributed by atoms with Crippen molar-refractivity contribution in [3.63, 3.8) is 0 Å². The molecule has 0 aliphatic carbocycles. The first-order valence-electron chi connectivity index (χ1n) is 8.37. The van der Waals surface area contributed by atoms with E-state index in [9.17, 15) is 12.8 Å². The average molecular weight is 379 g/mol. The van der Waals surface area contributed by atoms with Gasteiger partial charge in [0.1, 0.15) is 11.6 Å². The van der Waals surface area contributed by atoms with Gasteiger partial charge in [0.25, 0.3) is 0 Å². The Hall–Kier alpha value is -1.96. The molecule has 0 aromatic heterocycles. The molecule has 1 heterocycles. The third-order valence-corrected chi connectivity index (χ3v) is 6.30. The maximum Gasteiger partial charge on any atom is 0.243 e. The van der Waals surface area contributed by atoms with Gasteiger partial charge in [0, 0.05) is 13.1 Å². The zero-order valence-electron chi connectivity index (χ0n) is 15.0. The fourth-order valence-electron chi connectivity index (χ4n) is 3.13. The number of halogens is 1. The molecule has 2 atom stereocenters. The minimum absolute atomic E-state index is 0.184. The highest BCUT2D eigenvalue weighted by Crippen LogP contribution is 2.30. The van der Waals surface area contributed by atoms with Gasteiger partial charge in [0.2, 0.25) is 10.0 Å².